The van der Waals surface area contributed by atoms with E-state index >= 15 is 0 Å². The molecule has 128 valence electrons. The van der Waals surface area contributed by atoms with E-state index in [0.29, 0.717) is 10.7 Å². The molecule has 6 heteroatoms. The number of hydrogen-bond acceptors (Lipinski definition) is 3. The first-order valence-electron chi connectivity index (χ1n) is 7.82. The Morgan fingerprint density at radius 2 is 1.91 bits per heavy atom. The lowest BCUT2D eigenvalue weighted by Crippen LogP contribution is -2.35. The molecule has 0 radical (unpaired) electrons. The maximum atomic E-state index is 12.2. The first-order valence-corrected chi connectivity index (χ1v) is 8.20. The number of nitrogens with one attached hydrogen (secondary N) is 2. The van der Waals surface area contributed by atoms with Gasteiger partial charge in [0.15, 0.2) is 0 Å². The lowest BCUT2D eigenvalue weighted by molar-refractivity contribution is -0.118. The molecule has 0 saturated heterocycles. The molecule has 1 rings (SSSR count). The van der Waals surface area contributed by atoms with Crippen LogP contribution in [0.2, 0.25) is 5.02 Å². The van der Waals surface area contributed by atoms with Crippen molar-refractivity contribution >= 4 is 29.1 Å². The molecule has 1 aromatic rings. The molecule has 0 fully saturated rings. The third-order valence-electron chi connectivity index (χ3n) is 3.78. The van der Waals surface area contributed by atoms with Crippen molar-refractivity contribution in [1.29, 1.82) is 0 Å². The highest BCUT2D eigenvalue weighted by molar-refractivity contribution is 6.34. The highest BCUT2D eigenvalue weighted by atomic mass is 35.5. The van der Waals surface area contributed by atoms with E-state index in [-0.39, 0.29) is 35.8 Å². The fraction of sp³-hybridized carbons (Fsp3) is 0.529. The normalized spacial score (nSPS) is 13.5. The Morgan fingerprint density at radius 3 is 2.48 bits per heavy atom. The summed E-state index contributed by atoms with van der Waals surface area (Å²) < 4.78 is 0. The molecule has 3 N–H and O–H groups in total. The van der Waals surface area contributed by atoms with Crippen LogP contribution in [0.4, 0.5) is 5.69 Å². The maximum absolute atomic E-state index is 12.2. The predicted molar refractivity (Wildman–Crippen MR) is 92.7 cm³/mol. The summed E-state index contributed by atoms with van der Waals surface area (Å²) in [6.45, 7) is 7.64. The fourth-order valence-electron chi connectivity index (χ4n) is 1.83. The molecule has 5 nitrogen and oxygen atoms in total. The van der Waals surface area contributed by atoms with Crippen LogP contribution in [0.3, 0.4) is 0 Å². The van der Waals surface area contributed by atoms with Crippen LogP contribution in [-0.4, -0.2) is 29.6 Å². The van der Waals surface area contributed by atoms with E-state index in [2.05, 4.69) is 10.6 Å². The van der Waals surface area contributed by atoms with Gasteiger partial charge in [-0.1, -0.05) is 45.7 Å². The first kappa shape index (κ1) is 19.5. The zero-order chi connectivity index (χ0) is 17.6. The van der Waals surface area contributed by atoms with Crippen molar-refractivity contribution in [3.8, 4) is 0 Å². The van der Waals surface area contributed by atoms with Crippen molar-refractivity contribution in [2.45, 2.75) is 40.2 Å². The Morgan fingerprint density at radius 1 is 1.26 bits per heavy atom. The van der Waals surface area contributed by atoms with Crippen LogP contribution >= 0.6 is 11.6 Å². The Labute approximate surface area is 142 Å². The molecule has 2 atom stereocenters. The van der Waals surface area contributed by atoms with Crippen LogP contribution in [0.5, 0.6) is 0 Å². The molecule has 0 heterocycles. The summed E-state index contributed by atoms with van der Waals surface area (Å²) in [4.78, 5) is 24.0. The summed E-state index contributed by atoms with van der Waals surface area (Å²) in [6.07, 6.45) is 0.223. The van der Waals surface area contributed by atoms with Crippen LogP contribution in [-0.2, 0) is 4.79 Å². The summed E-state index contributed by atoms with van der Waals surface area (Å²) in [5.74, 6) is -0.569. The van der Waals surface area contributed by atoms with Crippen LogP contribution in [0.1, 0.15) is 44.5 Å². The molecule has 0 bridgehead atoms. The van der Waals surface area contributed by atoms with Crippen molar-refractivity contribution in [2.24, 2.45) is 11.8 Å². The van der Waals surface area contributed by atoms with E-state index in [1.165, 1.54) is 6.07 Å². The minimum Gasteiger partial charge on any atom is -0.391 e. The standard InChI is InChI=1S/C17H25ClN2O3/c1-5-11(4)15(21)9-19-17(23)13-8-12(6-7-14(13)18)20-16(22)10(2)3/h6-8,10-11,15,21H,5,9H2,1-4H3,(H,19,23)(H,20,22). The second-order valence-corrected chi connectivity index (χ2v) is 6.41. The predicted octanol–water partition coefficient (Wildman–Crippen LogP) is 3.07. The highest BCUT2D eigenvalue weighted by Gasteiger charge is 2.17. The number of aliphatic hydroxyl groups excluding tert-OH is 1. The van der Waals surface area contributed by atoms with Gasteiger partial charge in [-0.05, 0) is 24.1 Å². The van der Waals surface area contributed by atoms with E-state index in [1.807, 2.05) is 13.8 Å². The number of carbonyl (C=O) groups excluding carboxylic acids is 2. The smallest absolute Gasteiger partial charge is 0.252 e. The largest absolute Gasteiger partial charge is 0.391 e. The van der Waals surface area contributed by atoms with Gasteiger partial charge in [-0.15, -0.1) is 0 Å². The summed E-state index contributed by atoms with van der Waals surface area (Å²) in [7, 11) is 0. The molecule has 0 spiro atoms. The molecule has 0 aliphatic rings. The summed E-state index contributed by atoms with van der Waals surface area (Å²) in [5.41, 5.74) is 0.783. The van der Waals surface area contributed by atoms with Gasteiger partial charge in [0.05, 0.1) is 16.7 Å². The Bertz CT molecular complexity index is 561. The van der Waals surface area contributed by atoms with Crippen LogP contribution < -0.4 is 10.6 Å². The van der Waals surface area contributed by atoms with Crippen molar-refractivity contribution < 1.29 is 14.7 Å². The number of aliphatic hydroxyl groups is 1. The van der Waals surface area contributed by atoms with Gasteiger partial charge in [-0.2, -0.15) is 0 Å². The number of rotatable bonds is 7. The summed E-state index contributed by atoms with van der Waals surface area (Å²) in [6, 6.07) is 4.75. The zero-order valence-electron chi connectivity index (χ0n) is 14.0. The molecule has 2 unspecified atom stereocenters. The van der Waals surface area contributed by atoms with Gasteiger partial charge in [0.25, 0.3) is 5.91 Å². The van der Waals surface area contributed by atoms with Crippen molar-refractivity contribution in [2.75, 3.05) is 11.9 Å². The lowest BCUT2D eigenvalue weighted by atomic mass is 10.0. The first-order chi connectivity index (χ1) is 10.8. The number of anilines is 1. The van der Waals surface area contributed by atoms with Crippen LogP contribution in [0, 0.1) is 11.8 Å². The van der Waals surface area contributed by atoms with Crippen molar-refractivity contribution in [1.82, 2.24) is 5.32 Å². The Kier molecular flexibility index (Phi) is 7.52. The quantitative estimate of drug-likeness (QED) is 0.713. The minimum atomic E-state index is -0.605. The third kappa shape index (κ3) is 5.84. The van der Waals surface area contributed by atoms with Gasteiger partial charge >= 0.3 is 0 Å². The number of hydrogen-bond donors (Lipinski definition) is 3. The molecular weight excluding hydrogens is 316 g/mol. The average molecular weight is 341 g/mol. The van der Waals surface area contributed by atoms with Crippen molar-refractivity contribution in [3.63, 3.8) is 0 Å². The molecule has 23 heavy (non-hydrogen) atoms. The van der Waals surface area contributed by atoms with Gasteiger partial charge in [-0.3, -0.25) is 9.59 Å². The molecule has 0 aromatic heterocycles. The van der Waals surface area contributed by atoms with Crippen LogP contribution in [0.15, 0.2) is 18.2 Å². The van der Waals surface area contributed by atoms with E-state index < -0.39 is 6.10 Å². The van der Waals surface area contributed by atoms with E-state index in [4.69, 9.17) is 11.6 Å². The second-order valence-electron chi connectivity index (χ2n) is 6.00. The average Bonchev–Trinajstić information content (AvgIpc) is 2.52. The van der Waals surface area contributed by atoms with Gasteiger partial charge in [0.2, 0.25) is 5.91 Å². The summed E-state index contributed by atoms with van der Waals surface area (Å²) in [5, 5.41) is 15.6. The topological polar surface area (TPSA) is 78.4 Å². The SMILES string of the molecule is CCC(C)C(O)CNC(=O)c1cc(NC(=O)C(C)C)ccc1Cl. The maximum Gasteiger partial charge on any atom is 0.252 e. The number of amides is 2. The molecule has 2 amide bonds. The van der Waals surface area contributed by atoms with Crippen molar-refractivity contribution in [3.05, 3.63) is 28.8 Å². The van der Waals surface area contributed by atoms with E-state index in [9.17, 15) is 14.7 Å². The number of carbonyl (C=O) groups is 2. The fourth-order valence-corrected chi connectivity index (χ4v) is 2.03. The zero-order valence-corrected chi connectivity index (χ0v) is 14.8. The summed E-state index contributed by atoms with van der Waals surface area (Å²) >= 11 is 6.06. The number of benzene rings is 1. The second kappa shape index (κ2) is 8.89. The Balaban J connectivity index is 2.78. The third-order valence-corrected chi connectivity index (χ3v) is 4.11. The monoisotopic (exact) mass is 340 g/mol. The molecular formula is C17H25ClN2O3. The van der Waals surface area contributed by atoms with Gasteiger partial charge < -0.3 is 15.7 Å². The van der Waals surface area contributed by atoms with Crippen LogP contribution in [0.25, 0.3) is 0 Å². The number of halogens is 1. The van der Waals surface area contributed by atoms with E-state index in [1.54, 1.807) is 26.0 Å². The van der Waals surface area contributed by atoms with Gasteiger partial charge in [-0.25, -0.2) is 0 Å². The highest BCUT2D eigenvalue weighted by Crippen LogP contribution is 2.21. The molecule has 0 saturated carbocycles. The molecule has 0 aliphatic carbocycles. The Hall–Kier alpha value is -1.59. The van der Waals surface area contributed by atoms with Gasteiger partial charge in [0.1, 0.15) is 0 Å². The van der Waals surface area contributed by atoms with Gasteiger partial charge in [0, 0.05) is 18.2 Å². The minimum absolute atomic E-state index is 0.0995. The van der Waals surface area contributed by atoms with E-state index in [0.717, 1.165) is 6.42 Å². The lowest BCUT2D eigenvalue weighted by Gasteiger charge is -2.18. The molecule has 1 aromatic carbocycles. The molecule has 0 aliphatic heterocycles.